The Labute approximate surface area is 142 Å². The van der Waals surface area contributed by atoms with Gasteiger partial charge in [-0.25, -0.2) is 0 Å². The molecular formula is C18H18N2O3S. The van der Waals surface area contributed by atoms with Gasteiger partial charge in [0, 0.05) is 24.8 Å². The van der Waals surface area contributed by atoms with Gasteiger partial charge in [0.15, 0.2) is 5.76 Å². The van der Waals surface area contributed by atoms with E-state index in [1.54, 1.807) is 18.2 Å². The number of thiophene rings is 1. The summed E-state index contributed by atoms with van der Waals surface area (Å²) in [4.78, 5) is 15.5. The van der Waals surface area contributed by atoms with Crippen LogP contribution in [0.15, 0.2) is 39.5 Å². The van der Waals surface area contributed by atoms with Crippen LogP contribution < -0.4 is 16.1 Å². The lowest BCUT2D eigenvalue weighted by molar-refractivity contribution is 0.449. The van der Waals surface area contributed by atoms with E-state index in [1.165, 1.54) is 30.6 Å². The smallest absolute Gasteiger partial charge is 0.235 e. The van der Waals surface area contributed by atoms with Gasteiger partial charge in [-0.1, -0.05) is 0 Å². The summed E-state index contributed by atoms with van der Waals surface area (Å²) < 4.78 is 5.80. The van der Waals surface area contributed by atoms with E-state index in [0.717, 1.165) is 23.0 Å². The lowest BCUT2D eigenvalue weighted by Crippen LogP contribution is -2.28. The number of rotatable bonds is 2. The third-order valence-corrected chi connectivity index (χ3v) is 5.52. The number of fused-ring (bicyclic) bond motifs is 1. The van der Waals surface area contributed by atoms with Crippen LogP contribution in [0.25, 0.3) is 21.6 Å². The molecule has 0 aliphatic carbocycles. The third kappa shape index (κ3) is 2.53. The Bertz CT molecular complexity index is 955. The molecule has 2 aromatic heterocycles. The number of hydrogen-bond acceptors (Lipinski definition) is 6. The van der Waals surface area contributed by atoms with E-state index in [1.807, 2.05) is 12.1 Å². The van der Waals surface area contributed by atoms with Crippen molar-refractivity contribution >= 4 is 33.0 Å². The molecule has 0 unspecified atom stereocenters. The van der Waals surface area contributed by atoms with Crippen molar-refractivity contribution in [1.82, 2.24) is 0 Å². The highest BCUT2D eigenvalue weighted by Gasteiger charge is 2.19. The minimum atomic E-state index is -0.431. The van der Waals surface area contributed by atoms with Crippen molar-refractivity contribution < 1.29 is 9.52 Å². The minimum absolute atomic E-state index is 0.214. The Morgan fingerprint density at radius 1 is 1.12 bits per heavy atom. The standard InChI is InChI=1S/C18H18N2O3S/c19-11-4-5-12-13(10-11)23-18(17(22)16(12)21)14-6-7-15(24-14)20-8-2-1-3-9-20/h4-7,10,22H,1-3,8-9,19H2. The monoisotopic (exact) mass is 342 g/mol. The Morgan fingerprint density at radius 2 is 1.92 bits per heavy atom. The minimum Gasteiger partial charge on any atom is -0.501 e. The fraction of sp³-hybridized carbons (Fsp3) is 0.278. The summed E-state index contributed by atoms with van der Waals surface area (Å²) in [6.45, 7) is 2.09. The topological polar surface area (TPSA) is 79.7 Å². The summed E-state index contributed by atoms with van der Waals surface area (Å²) in [5.41, 5.74) is 6.25. The van der Waals surface area contributed by atoms with Gasteiger partial charge in [-0.05, 0) is 43.5 Å². The molecule has 0 radical (unpaired) electrons. The molecule has 3 aromatic rings. The van der Waals surface area contributed by atoms with Gasteiger partial charge in [-0.2, -0.15) is 0 Å². The lowest BCUT2D eigenvalue weighted by Gasteiger charge is -2.27. The number of anilines is 2. The highest BCUT2D eigenvalue weighted by Crippen LogP contribution is 2.39. The van der Waals surface area contributed by atoms with Crippen LogP contribution in [0.2, 0.25) is 0 Å². The summed E-state index contributed by atoms with van der Waals surface area (Å²) >= 11 is 1.53. The number of nitrogen functional groups attached to an aromatic ring is 1. The molecule has 4 rings (SSSR count). The van der Waals surface area contributed by atoms with Gasteiger partial charge in [0.05, 0.1) is 15.3 Å². The summed E-state index contributed by atoms with van der Waals surface area (Å²) in [5, 5.41) is 11.8. The number of aromatic hydroxyl groups is 1. The van der Waals surface area contributed by atoms with Crippen LogP contribution >= 0.6 is 11.3 Å². The van der Waals surface area contributed by atoms with Gasteiger partial charge in [0.25, 0.3) is 0 Å². The third-order valence-electron chi connectivity index (χ3n) is 4.38. The van der Waals surface area contributed by atoms with Crippen LogP contribution in [0.1, 0.15) is 19.3 Å². The van der Waals surface area contributed by atoms with Crippen molar-refractivity contribution in [3.05, 3.63) is 40.6 Å². The van der Waals surface area contributed by atoms with Crippen LogP contribution in [-0.4, -0.2) is 18.2 Å². The Hall–Kier alpha value is -2.47. The van der Waals surface area contributed by atoms with Crippen molar-refractivity contribution in [2.45, 2.75) is 19.3 Å². The predicted molar refractivity (Wildman–Crippen MR) is 97.9 cm³/mol. The van der Waals surface area contributed by atoms with E-state index >= 15 is 0 Å². The maximum absolute atomic E-state index is 12.4. The van der Waals surface area contributed by atoms with Crippen LogP contribution in [0.4, 0.5) is 10.7 Å². The number of nitrogens with zero attached hydrogens (tertiary/aromatic N) is 1. The molecule has 1 aliphatic rings. The zero-order chi connectivity index (χ0) is 16.7. The molecule has 124 valence electrons. The van der Waals surface area contributed by atoms with E-state index in [9.17, 15) is 9.90 Å². The van der Waals surface area contributed by atoms with Gasteiger partial charge >= 0.3 is 0 Å². The molecular weight excluding hydrogens is 324 g/mol. The Balaban J connectivity index is 1.80. The molecule has 1 aromatic carbocycles. The van der Waals surface area contributed by atoms with E-state index in [4.69, 9.17) is 10.2 Å². The van der Waals surface area contributed by atoms with Gasteiger partial charge in [-0.3, -0.25) is 4.79 Å². The quantitative estimate of drug-likeness (QED) is 0.693. The fourth-order valence-electron chi connectivity index (χ4n) is 3.10. The maximum Gasteiger partial charge on any atom is 0.235 e. The van der Waals surface area contributed by atoms with E-state index < -0.39 is 5.43 Å². The Morgan fingerprint density at radius 3 is 2.71 bits per heavy atom. The van der Waals surface area contributed by atoms with E-state index in [-0.39, 0.29) is 11.5 Å². The number of nitrogens with two attached hydrogens (primary N) is 1. The second kappa shape index (κ2) is 5.87. The van der Waals surface area contributed by atoms with Gasteiger partial charge in [0.2, 0.25) is 11.2 Å². The molecule has 0 spiro atoms. The molecule has 5 nitrogen and oxygen atoms in total. The first-order chi connectivity index (χ1) is 11.6. The van der Waals surface area contributed by atoms with E-state index in [0.29, 0.717) is 16.7 Å². The van der Waals surface area contributed by atoms with E-state index in [2.05, 4.69) is 4.90 Å². The zero-order valence-corrected chi connectivity index (χ0v) is 13.9. The Kier molecular flexibility index (Phi) is 3.69. The van der Waals surface area contributed by atoms with Gasteiger partial charge in [-0.15, -0.1) is 11.3 Å². The first kappa shape index (κ1) is 15.1. The molecule has 0 amide bonds. The summed E-state index contributed by atoms with van der Waals surface area (Å²) in [5.74, 6) is -0.134. The molecule has 6 heteroatoms. The van der Waals surface area contributed by atoms with Crippen molar-refractivity contribution in [3.63, 3.8) is 0 Å². The molecule has 24 heavy (non-hydrogen) atoms. The van der Waals surface area contributed by atoms with Crippen LogP contribution in [0.5, 0.6) is 5.75 Å². The summed E-state index contributed by atoms with van der Waals surface area (Å²) in [7, 11) is 0. The molecule has 1 aliphatic heterocycles. The highest BCUT2D eigenvalue weighted by atomic mass is 32.1. The number of hydrogen-bond donors (Lipinski definition) is 2. The molecule has 1 saturated heterocycles. The molecule has 0 atom stereocenters. The highest BCUT2D eigenvalue weighted by molar-refractivity contribution is 7.19. The molecule has 0 bridgehead atoms. The van der Waals surface area contributed by atoms with Crippen molar-refractivity contribution in [2.75, 3.05) is 23.7 Å². The molecule has 3 N–H and O–H groups in total. The second-order valence-corrected chi connectivity index (χ2v) is 7.11. The maximum atomic E-state index is 12.4. The molecule has 3 heterocycles. The van der Waals surface area contributed by atoms with Crippen molar-refractivity contribution in [2.24, 2.45) is 0 Å². The van der Waals surface area contributed by atoms with Crippen LogP contribution in [0.3, 0.4) is 0 Å². The predicted octanol–water partition coefficient (Wildman–Crippen LogP) is 3.80. The first-order valence-electron chi connectivity index (χ1n) is 8.04. The van der Waals surface area contributed by atoms with Gasteiger partial charge < -0.3 is 20.2 Å². The molecule has 0 saturated carbocycles. The lowest BCUT2D eigenvalue weighted by atomic mass is 10.1. The zero-order valence-electron chi connectivity index (χ0n) is 13.1. The van der Waals surface area contributed by atoms with Crippen LogP contribution in [0, 0.1) is 0 Å². The summed E-state index contributed by atoms with van der Waals surface area (Å²) in [6, 6.07) is 8.73. The normalized spacial score (nSPS) is 15.1. The number of piperidine rings is 1. The first-order valence-corrected chi connectivity index (χ1v) is 8.85. The largest absolute Gasteiger partial charge is 0.501 e. The second-order valence-electron chi connectivity index (χ2n) is 6.05. The number of benzene rings is 1. The summed E-state index contributed by atoms with van der Waals surface area (Å²) in [6.07, 6.45) is 3.67. The fourth-order valence-corrected chi connectivity index (χ4v) is 4.14. The van der Waals surface area contributed by atoms with Crippen molar-refractivity contribution in [1.29, 1.82) is 0 Å². The van der Waals surface area contributed by atoms with Gasteiger partial charge in [0.1, 0.15) is 5.58 Å². The van der Waals surface area contributed by atoms with Crippen molar-refractivity contribution in [3.8, 4) is 16.4 Å². The average molecular weight is 342 g/mol. The SMILES string of the molecule is Nc1ccc2c(=O)c(O)c(-c3ccc(N4CCCCC4)s3)oc2c1. The molecule has 1 fully saturated rings. The van der Waals surface area contributed by atoms with Crippen LogP contribution in [-0.2, 0) is 0 Å². The average Bonchev–Trinajstić information content (AvgIpc) is 3.08.